The van der Waals surface area contributed by atoms with Crippen LogP contribution in [0.1, 0.15) is 110 Å². The average molecular weight is 615 g/mol. The lowest BCUT2D eigenvalue weighted by Crippen LogP contribution is -2.60. The Balaban J connectivity index is 2.60. The Kier molecular flexibility index (Phi) is 21.0. The molecule has 1 aliphatic rings. The third kappa shape index (κ3) is 17.7. The van der Waals surface area contributed by atoms with Crippen LogP contribution in [-0.2, 0) is 38.3 Å². The van der Waals surface area contributed by atoms with Crippen LogP contribution in [0, 0.1) is 0 Å². The molecule has 41 heavy (non-hydrogen) atoms. The number of carbonyl (C=O) groups is 1. The first-order valence-electron chi connectivity index (χ1n) is 15.3. The summed E-state index contributed by atoms with van der Waals surface area (Å²) in [4.78, 5) is 12.5. The van der Waals surface area contributed by atoms with E-state index in [-0.39, 0.29) is 19.6 Å². The first-order valence-corrected chi connectivity index (χ1v) is 16.7. The molecule has 1 heterocycles. The number of unbranched alkanes of at least 4 members (excludes halogenated alkanes) is 12. The van der Waals surface area contributed by atoms with Crippen LogP contribution < -0.4 is 0 Å². The topological polar surface area (TPSA) is 178 Å². The van der Waals surface area contributed by atoms with Crippen molar-refractivity contribution in [1.29, 1.82) is 0 Å². The lowest BCUT2D eigenvalue weighted by molar-refractivity contribution is -0.301. The predicted molar refractivity (Wildman–Crippen MR) is 151 cm³/mol. The Labute approximate surface area is 246 Å². The second-order valence-electron chi connectivity index (χ2n) is 10.7. The smallest absolute Gasteiger partial charge is 0.397 e. The number of carbonyl (C=O) groups excluding carboxylic acids is 1. The van der Waals surface area contributed by atoms with Gasteiger partial charge in [0.25, 0.3) is 0 Å². The van der Waals surface area contributed by atoms with Gasteiger partial charge in [0.15, 0.2) is 6.29 Å². The van der Waals surface area contributed by atoms with E-state index in [2.05, 4.69) is 18.0 Å². The van der Waals surface area contributed by atoms with Crippen LogP contribution in [0.4, 0.5) is 0 Å². The van der Waals surface area contributed by atoms with Crippen LogP contribution in [-0.4, -0.2) is 97.5 Å². The number of esters is 1. The number of hydrogen-bond acceptors (Lipinski definition) is 11. The highest BCUT2D eigenvalue weighted by Gasteiger charge is 2.48. The molecule has 0 aromatic heterocycles. The van der Waals surface area contributed by atoms with Crippen LogP contribution in [0.3, 0.4) is 0 Å². The highest BCUT2D eigenvalue weighted by molar-refractivity contribution is 7.80. The van der Waals surface area contributed by atoms with E-state index in [1.54, 1.807) is 0 Å². The van der Waals surface area contributed by atoms with Gasteiger partial charge in [-0.1, -0.05) is 90.9 Å². The van der Waals surface area contributed by atoms with Gasteiger partial charge in [-0.05, 0) is 12.8 Å². The Hall–Kier alpha value is -0.900. The third-order valence-electron chi connectivity index (χ3n) is 6.98. The van der Waals surface area contributed by atoms with Crippen molar-refractivity contribution < 1.29 is 56.2 Å². The van der Waals surface area contributed by atoms with Gasteiger partial charge in [0, 0.05) is 13.0 Å². The first-order chi connectivity index (χ1) is 19.6. The van der Waals surface area contributed by atoms with Crippen molar-refractivity contribution in [3.63, 3.8) is 0 Å². The van der Waals surface area contributed by atoms with Gasteiger partial charge in [0.2, 0.25) is 0 Å². The van der Waals surface area contributed by atoms with Crippen molar-refractivity contribution in [2.45, 2.75) is 147 Å². The minimum atomic E-state index is -5.04. The minimum Gasteiger partial charge on any atom is -0.457 e. The van der Waals surface area contributed by atoms with E-state index < -0.39 is 59.8 Å². The molecule has 13 heteroatoms. The van der Waals surface area contributed by atoms with Crippen molar-refractivity contribution in [3.8, 4) is 0 Å². The van der Waals surface area contributed by atoms with Crippen molar-refractivity contribution in [1.82, 2.24) is 0 Å². The van der Waals surface area contributed by atoms with Gasteiger partial charge in [0.1, 0.15) is 30.5 Å². The van der Waals surface area contributed by atoms with Crippen LogP contribution in [0.25, 0.3) is 0 Å². The molecule has 0 bridgehead atoms. The van der Waals surface area contributed by atoms with E-state index in [9.17, 15) is 28.5 Å². The molecule has 0 radical (unpaired) electrons. The summed E-state index contributed by atoms with van der Waals surface area (Å²) in [5.74, 6) is -0.414. The Morgan fingerprint density at radius 3 is 1.95 bits per heavy atom. The average Bonchev–Trinajstić information content (AvgIpc) is 2.92. The number of rotatable bonds is 25. The lowest BCUT2D eigenvalue weighted by Gasteiger charge is -2.41. The molecular weight excluding hydrogens is 560 g/mol. The second kappa shape index (κ2) is 22.6. The zero-order valence-corrected chi connectivity index (χ0v) is 25.7. The fraction of sp³-hybridized carbons (Fsp3) is 0.964. The van der Waals surface area contributed by atoms with Crippen LogP contribution >= 0.6 is 0 Å². The minimum absolute atomic E-state index is 0.0401. The summed E-state index contributed by atoms with van der Waals surface area (Å²) >= 11 is 0. The number of aliphatic hydroxyl groups is 3. The normalized spacial score (nSPS) is 23.9. The molecule has 0 saturated carbocycles. The maximum atomic E-state index is 12.5. The Bertz CT molecular complexity index is 765. The molecule has 1 rings (SSSR count). The lowest BCUT2D eigenvalue weighted by atomic mass is 9.99. The molecule has 12 nitrogen and oxygen atoms in total. The molecular formula is C28H54O12S. The van der Waals surface area contributed by atoms with Crippen molar-refractivity contribution in [2.24, 2.45) is 0 Å². The van der Waals surface area contributed by atoms with Gasteiger partial charge in [-0.15, -0.1) is 0 Å². The zero-order chi connectivity index (χ0) is 30.5. The van der Waals surface area contributed by atoms with Gasteiger partial charge in [-0.2, -0.15) is 8.42 Å². The van der Waals surface area contributed by atoms with Gasteiger partial charge >= 0.3 is 16.4 Å². The molecule has 244 valence electrons. The van der Waals surface area contributed by atoms with E-state index in [0.717, 1.165) is 44.9 Å². The van der Waals surface area contributed by atoms with Gasteiger partial charge in [-0.25, -0.2) is 4.18 Å². The summed E-state index contributed by atoms with van der Waals surface area (Å²) in [7, 11) is -5.04. The Morgan fingerprint density at radius 2 is 1.39 bits per heavy atom. The fourth-order valence-electron chi connectivity index (χ4n) is 4.61. The maximum absolute atomic E-state index is 12.5. The predicted octanol–water partition coefficient (Wildman–Crippen LogP) is 3.45. The summed E-state index contributed by atoms with van der Waals surface area (Å²) in [5.41, 5.74) is 0. The maximum Gasteiger partial charge on any atom is 0.397 e. The van der Waals surface area contributed by atoms with Crippen LogP contribution in [0.15, 0.2) is 0 Å². The van der Waals surface area contributed by atoms with Gasteiger partial charge < -0.3 is 34.3 Å². The molecule has 4 N–H and O–H groups in total. The first kappa shape index (κ1) is 38.1. The molecule has 0 spiro atoms. The van der Waals surface area contributed by atoms with Crippen molar-refractivity contribution in [3.05, 3.63) is 0 Å². The summed E-state index contributed by atoms with van der Waals surface area (Å²) in [6.07, 6.45) is 6.46. The molecule has 6 unspecified atom stereocenters. The molecule has 0 aromatic carbocycles. The summed E-state index contributed by atoms with van der Waals surface area (Å²) in [5, 5.41) is 30.2. The van der Waals surface area contributed by atoms with E-state index in [1.807, 2.05) is 0 Å². The third-order valence-corrected chi connectivity index (χ3v) is 7.44. The highest BCUT2D eigenvalue weighted by Crippen LogP contribution is 2.26. The number of ether oxygens (including phenoxy) is 4. The van der Waals surface area contributed by atoms with E-state index in [4.69, 9.17) is 23.5 Å². The van der Waals surface area contributed by atoms with Gasteiger partial charge in [0.05, 0.1) is 19.8 Å². The van der Waals surface area contributed by atoms with Gasteiger partial charge in [-0.3, -0.25) is 9.35 Å². The standard InChI is InChI=1S/C28H54O12S/c1-3-5-7-9-10-11-12-14-16-18-36-20-22(38-24(30)17-15-13-8-6-4-2)21-37-28-26(32)27(40-41(33,34)35)25(31)23(19-29)39-28/h22-23,25-29,31-32H,3-21H2,1-2H3,(H,33,34,35). The summed E-state index contributed by atoms with van der Waals surface area (Å²) < 4.78 is 58.1. The van der Waals surface area contributed by atoms with Crippen LogP contribution in [0.5, 0.6) is 0 Å². The summed E-state index contributed by atoms with van der Waals surface area (Å²) in [6.45, 7) is 3.83. The molecule has 1 aliphatic heterocycles. The molecule has 0 amide bonds. The van der Waals surface area contributed by atoms with Crippen molar-refractivity contribution in [2.75, 3.05) is 26.4 Å². The monoisotopic (exact) mass is 614 g/mol. The molecule has 0 aromatic rings. The summed E-state index contributed by atoms with van der Waals surface area (Å²) in [6, 6.07) is 0. The van der Waals surface area contributed by atoms with E-state index in [0.29, 0.717) is 13.0 Å². The SMILES string of the molecule is CCCCCCCCCCCOCC(COC1OC(CO)C(O)C(OS(=O)(=O)O)C1O)OC(=O)CCCCCCC. The largest absolute Gasteiger partial charge is 0.457 e. The van der Waals surface area contributed by atoms with E-state index in [1.165, 1.54) is 38.5 Å². The fourth-order valence-corrected chi connectivity index (χ4v) is 5.12. The Morgan fingerprint density at radius 1 is 0.829 bits per heavy atom. The second-order valence-corrected chi connectivity index (χ2v) is 11.8. The van der Waals surface area contributed by atoms with Crippen LogP contribution in [0.2, 0.25) is 0 Å². The quantitative estimate of drug-likeness (QED) is 0.0670. The molecule has 6 atom stereocenters. The molecule has 1 saturated heterocycles. The highest BCUT2D eigenvalue weighted by atomic mass is 32.3. The van der Waals surface area contributed by atoms with E-state index >= 15 is 0 Å². The zero-order valence-electron chi connectivity index (χ0n) is 24.9. The number of aliphatic hydroxyl groups excluding tert-OH is 3. The number of hydrogen-bond donors (Lipinski definition) is 4. The molecule has 0 aliphatic carbocycles. The molecule has 1 fully saturated rings. The van der Waals surface area contributed by atoms with Crippen molar-refractivity contribution >= 4 is 16.4 Å².